The highest BCUT2D eigenvalue weighted by Gasteiger charge is 2.28. The minimum Gasteiger partial charge on any atom is -0.338 e. The second-order valence-corrected chi connectivity index (χ2v) is 6.56. The lowest BCUT2D eigenvalue weighted by atomic mass is 10.3. The van der Waals surface area contributed by atoms with Crippen molar-refractivity contribution >= 4 is 21.8 Å². The lowest BCUT2D eigenvalue weighted by Crippen LogP contribution is -2.46. The fourth-order valence-electron chi connectivity index (χ4n) is 1.11. The molecule has 0 saturated carbocycles. The van der Waals surface area contributed by atoms with E-state index in [9.17, 15) is 18.0 Å². The first-order valence-electron chi connectivity index (χ1n) is 5.76. The zero-order valence-corrected chi connectivity index (χ0v) is 11.7. The van der Waals surface area contributed by atoms with E-state index in [0.717, 1.165) is 0 Å². The Morgan fingerprint density at radius 2 is 1.83 bits per heavy atom. The van der Waals surface area contributed by atoms with Gasteiger partial charge in [-0.15, -0.1) is 0 Å². The third-order valence-corrected chi connectivity index (χ3v) is 4.44. The van der Waals surface area contributed by atoms with E-state index in [1.54, 1.807) is 13.8 Å². The molecule has 0 bridgehead atoms. The molecule has 0 rings (SSSR count). The molecule has 0 fully saturated rings. The van der Waals surface area contributed by atoms with Crippen molar-refractivity contribution in [2.24, 2.45) is 5.73 Å². The van der Waals surface area contributed by atoms with Crippen LogP contribution >= 0.6 is 0 Å². The van der Waals surface area contributed by atoms with Crippen LogP contribution in [-0.2, 0) is 14.6 Å². The summed E-state index contributed by atoms with van der Waals surface area (Å²) >= 11 is 0. The molecule has 0 radical (unpaired) electrons. The number of sulfone groups is 1. The Morgan fingerprint density at radius 3 is 2.28 bits per heavy atom. The lowest BCUT2D eigenvalue weighted by molar-refractivity contribution is -0.119. The average molecular weight is 279 g/mol. The Hall–Kier alpha value is -1.15. The molecular formula is C10H21N3O4S. The van der Waals surface area contributed by atoms with Crippen LogP contribution in [0.4, 0.5) is 4.79 Å². The van der Waals surface area contributed by atoms with E-state index >= 15 is 0 Å². The number of nitrogens with two attached hydrogens (primary N) is 1. The number of hydrogen-bond donors (Lipinski definition) is 3. The highest BCUT2D eigenvalue weighted by atomic mass is 32.2. The van der Waals surface area contributed by atoms with Crippen molar-refractivity contribution in [1.29, 1.82) is 0 Å². The van der Waals surface area contributed by atoms with E-state index in [1.165, 1.54) is 6.92 Å². The molecule has 2 unspecified atom stereocenters. The molecule has 3 amide bonds. The number of rotatable bonds is 6. The molecule has 0 saturated heterocycles. The molecule has 4 N–H and O–H groups in total. The third kappa shape index (κ3) is 5.97. The van der Waals surface area contributed by atoms with Gasteiger partial charge in [0.1, 0.15) is 5.25 Å². The molecule has 0 aromatic rings. The first kappa shape index (κ1) is 16.9. The number of carbonyl (C=O) groups is 2. The quantitative estimate of drug-likeness (QED) is 0.598. The molecule has 18 heavy (non-hydrogen) atoms. The van der Waals surface area contributed by atoms with Gasteiger partial charge in [-0.2, -0.15) is 0 Å². The molecule has 0 aliphatic carbocycles. The van der Waals surface area contributed by atoms with Gasteiger partial charge >= 0.3 is 6.03 Å². The maximum atomic E-state index is 11.8. The Balaban J connectivity index is 4.48. The molecular weight excluding hydrogens is 258 g/mol. The van der Waals surface area contributed by atoms with E-state index in [1.807, 2.05) is 5.32 Å². The molecule has 0 aromatic heterocycles. The number of nitrogens with one attached hydrogen (secondary N) is 2. The summed E-state index contributed by atoms with van der Waals surface area (Å²) in [6, 6.07) is -0.949. The van der Waals surface area contributed by atoms with Crippen LogP contribution < -0.4 is 16.4 Å². The van der Waals surface area contributed by atoms with Gasteiger partial charge in [-0.25, -0.2) is 13.2 Å². The van der Waals surface area contributed by atoms with E-state index < -0.39 is 27.0 Å². The smallest absolute Gasteiger partial charge is 0.321 e. The molecule has 0 aliphatic rings. The lowest BCUT2D eigenvalue weighted by Gasteiger charge is -2.13. The summed E-state index contributed by atoms with van der Waals surface area (Å²) in [5.74, 6) is -1.00. The van der Waals surface area contributed by atoms with Gasteiger partial charge in [0.05, 0.1) is 5.75 Å². The first-order chi connectivity index (χ1) is 8.20. The summed E-state index contributed by atoms with van der Waals surface area (Å²) < 4.78 is 23.5. The van der Waals surface area contributed by atoms with Gasteiger partial charge < -0.3 is 11.1 Å². The zero-order chi connectivity index (χ0) is 14.3. The standard InChI is InChI=1S/C10H21N3O4S/c1-4-12-10(15)13-9(14)8(3)18(16,17)6-5-7(2)11/h7-8H,4-6,11H2,1-3H3,(H2,12,13,14,15). The number of urea groups is 1. The maximum absolute atomic E-state index is 11.8. The third-order valence-electron chi connectivity index (χ3n) is 2.34. The van der Waals surface area contributed by atoms with Gasteiger partial charge in [0.15, 0.2) is 9.84 Å². The van der Waals surface area contributed by atoms with Crippen LogP contribution in [0.15, 0.2) is 0 Å². The Kier molecular flexibility index (Phi) is 6.85. The highest BCUT2D eigenvalue weighted by molar-refractivity contribution is 7.92. The Labute approximate surface area is 107 Å². The minimum atomic E-state index is -3.59. The zero-order valence-electron chi connectivity index (χ0n) is 10.9. The van der Waals surface area contributed by atoms with Gasteiger partial charge in [0, 0.05) is 12.6 Å². The molecule has 0 heterocycles. The summed E-state index contributed by atoms with van der Waals surface area (Å²) in [5.41, 5.74) is 5.47. The van der Waals surface area contributed by atoms with Crippen molar-refractivity contribution in [2.45, 2.75) is 38.5 Å². The largest absolute Gasteiger partial charge is 0.338 e. The monoisotopic (exact) mass is 279 g/mol. The number of amides is 3. The van der Waals surface area contributed by atoms with E-state index in [0.29, 0.717) is 6.54 Å². The van der Waals surface area contributed by atoms with Crippen molar-refractivity contribution in [2.75, 3.05) is 12.3 Å². The normalized spacial score (nSPS) is 14.7. The van der Waals surface area contributed by atoms with Crippen LogP contribution in [0.2, 0.25) is 0 Å². The summed E-state index contributed by atoms with van der Waals surface area (Å²) in [7, 11) is -3.59. The van der Waals surface area contributed by atoms with Crippen molar-refractivity contribution < 1.29 is 18.0 Å². The Bertz CT molecular complexity index is 392. The molecule has 0 aromatic carbocycles. The van der Waals surface area contributed by atoms with Crippen LogP contribution in [0.25, 0.3) is 0 Å². The van der Waals surface area contributed by atoms with Crippen LogP contribution in [0.1, 0.15) is 27.2 Å². The van der Waals surface area contributed by atoms with Gasteiger partial charge in [0.2, 0.25) is 5.91 Å². The number of carbonyl (C=O) groups excluding carboxylic acids is 2. The van der Waals surface area contributed by atoms with E-state index in [-0.39, 0.29) is 18.2 Å². The van der Waals surface area contributed by atoms with Crippen LogP contribution in [0.3, 0.4) is 0 Å². The number of hydrogen-bond acceptors (Lipinski definition) is 5. The second-order valence-electron chi connectivity index (χ2n) is 4.12. The van der Waals surface area contributed by atoms with Gasteiger partial charge in [0.25, 0.3) is 0 Å². The predicted molar refractivity (Wildman–Crippen MR) is 68.7 cm³/mol. The first-order valence-corrected chi connectivity index (χ1v) is 7.48. The number of imide groups is 1. The van der Waals surface area contributed by atoms with Crippen molar-refractivity contribution in [3.63, 3.8) is 0 Å². The Morgan fingerprint density at radius 1 is 1.28 bits per heavy atom. The van der Waals surface area contributed by atoms with E-state index in [4.69, 9.17) is 5.73 Å². The van der Waals surface area contributed by atoms with Crippen LogP contribution in [0, 0.1) is 0 Å². The van der Waals surface area contributed by atoms with Crippen molar-refractivity contribution in [3.8, 4) is 0 Å². The summed E-state index contributed by atoms with van der Waals surface area (Å²) in [6.07, 6.45) is 0.279. The maximum Gasteiger partial charge on any atom is 0.321 e. The predicted octanol–water partition coefficient (Wildman–Crippen LogP) is -0.627. The minimum absolute atomic E-state index is 0.172. The summed E-state index contributed by atoms with van der Waals surface area (Å²) in [4.78, 5) is 22.6. The molecule has 0 aliphatic heterocycles. The summed E-state index contributed by atoms with van der Waals surface area (Å²) in [6.45, 7) is 4.98. The van der Waals surface area contributed by atoms with E-state index in [2.05, 4.69) is 5.32 Å². The van der Waals surface area contributed by atoms with Crippen molar-refractivity contribution in [3.05, 3.63) is 0 Å². The molecule has 7 nitrogen and oxygen atoms in total. The second kappa shape index (κ2) is 7.32. The van der Waals surface area contributed by atoms with Gasteiger partial charge in [-0.05, 0) is 27.2 Å². The molecule has 106 valence electrons. The van der Waals surface area contributed by atoms with Crippen LogP contribution in [-0.4, -0.2) is 43.9 Å². The average Bonchev–Trinajstić information content (AvgIpc) is 2.25. The fraction of sp³-hybridized carbons (Fsp3) is 0.800. The molecule has 8 heteroatoms. The highest BCUT2D eigenvalue weighted by Crippen LogP contribution is 2.05. The molecule has 2 atom stereocenters. The van der Waals surface area contributed by atoms with Gasteiger partial charge in [-0.1, -0.05) is 0 Å². The summed E-state index contributed by atoms with van der Waals surface area (Å²) in [5, 5.41) is 3.06. The fourth-order valence-corrected chi connectivity index (χ4v) is 2.55. The van der Waals surface area contributed by atoms with Gasteiger partial charge in [-0.3, -0.25) is 10.1 Å². The topological polar surface area (TPSA) is 118 Å². The van der Waals surface area contributed by atoms with Crippen molar-refractivity contribution in [1.82, 2.24) is 10.6 Å². The SMILES string of the molecule is CCNC(=O)NC(=O)C(C)S(=O)(=O)CCC(C)N. The molecule has 0 spiro atoms. The van der Waals surface area contributed by atoms with Crippen LogP contribution in [0.5, 0.6) is 0 Å².